The Morgan fingerprint density at radius 2 is 1.68 bits per heavy atom. The molecule has 0 unspecified atom stereocenters. The average Bonchev–Trinajstić information content (AvgIpc) is 2.87. The number of piperazine rings is 1. The number of anilines is 1. The molecule has 4 amide bonds. The van der Waals surface area contributed by atoms with E-state index in [9.17, 15) is 19.2 Å². The van der Waals surface area contributed by atoms with Crippen molar-refractivity contribution in [3.8, 4) is 0 Å². The van der Waals surface area contributed by atoms with Crippen molar-refractivity contribution in [3.63, 3.8) is 0 Å². The van der Waals surface area contributed by atoms with E-state index in [4.69, 9.17) is 4.74 Å². The summed E-state index contributed by atoms with van der Waals surface area (Å²) < 4.78 is 4.71. The minimum absolute atomic E-state index is 0.0676. The van der Waals surface area contributed by atoms with E-state index >= 15 is 0 Å². The Kier molecular flexibility index (Phi) is 7.10. The molecule has 2 aromatic carbocycles. The first-order chi connectivity index (χ1) is 16.5. The topological polar surface area (TPSA) is 99.3 Å². The number of methoxy groups -OCH3 is 1. The smallest absolute Gasteiger partial charge is 0.337 e. The number of nitrogens with zero attached hydrogens (tertiary/aromatic N) is 3. The highest BCUT2D eigenvalue weighted by Crippen LogP contribution is 2.21. The molecule has 9 nitrogen and oxygen atoms in total. The van der Waals surface area contributed by atoms with Crippen LogP contribution in [0.25, 0.3) is 0 Å². The molecular weight excluding hydrogens is 436 g/mol. The van der Waals surface area contributed by atoms with E-state index in [-0.39, 0.29) is 12.1 Å². The largest absolute Gasteiger partial charge is 0.465 e. The zero-order chi connectivity index (χ0) is 24.1. The molecule has 178 valence electrons. The van der Waals surface area contributed by atoms with Crippen molar-refractivity contribution in [2.24, 2.45) is 0 Å². The lowest BCUT2D eigenvalue weighted by Gasteiger charge is -2.42. The Bertz CT molecular complexity index is 1070. The van der Waals surface area contributed by atoms with E-state index in [0.717, 1.165) is 5.56 Å². The molecule has 1 N–H and O–H groups in total. The summed E-state index contributed by atoms with van der Waals surface area (Å²) in [4.78, 5) is 54.8. The molecule has 2 aliphatic heterocycles. The molecule has 2 aliphatic rings. The zero-order valence-electron chi connectivity index (χ0n) is 19.1. The highest BCUT2D eigenvalue weighted by molar-refractivity contribution is 6.35. The number of piperidine rings is 1. The number of nitrogens with one attached hydrogen (secondary N) is 1. The van der Waals surface area contributed by atoms with Gasteiger partial charge >= 0.3 is 23.8 Å². The molecule has 2 fully saturated rings. The number of likely N-dealkylation sites (tertiary alicyclic amines) is 1. The molecule has 0 saturated carbocycles. The quantitative estimate of drug-likeness (QED) is 0.541. The number of carbonyl (C=O) groups is 4. The third-order valence-electron chi connectivity index (χ3n) is 6.29. The Labute approximate surface area is 198 Å². The Hall–Kier alpha value is -3.88. The van der Waals surface area contributed by atoms with Gasteiger partial charge in [-0.05, 0) is 36.6 Å². The summed E-state index contributed by atoms with van der Waals surface area (Å²) in [5.41, 5.74) is 1.85. The number of hydrogen-bond acceptors (Lipinski definition) is 5. The molecule has 9 heteroatoms. The van der Waals surface area contributed by atoms with Gasteiger partial charge in [0.05, 0.1) is 12.7 Å². The van der Waals surface area contributed by atoms with Crippen LogP contribution in [0.3, 0.4) is 0 Å². The molecule has 34 heavy (non-hydrogen) atoms. The van der Waals surface area contributed by atoms with E-state index in [1.165, 1.54) is 7.11 Å². The maximum Gasteiger partial charge on any atom is 0.337 e. The van der Waals surface area contributed by atoms with Crippen LogP contribution in [0, 0.1) is 0 Å². The van der Waals surface area contributed by atoms with Gasteiger partial charge in [0.2, 0.25) is 0 Å². The van der Waals surface area contributed by atoms with Gasteiger partial charge in [0.25, 0.3) is 0 Å². The van der Waals surface area contributed by atoms with Crippen LogP contribution in [0.15, 0.2) is 54.6 Å². The number of rotatable bonds is 5. The summed E-state index contributed by atoms with van der Waals surface area (Å²) in [6.45, 7) is 2.36. The molecule has 0 atom stereocenters. The zero-order valence-corrected chi connectivity index (χ0v) is 19.1. The second-order valence-electron chi connectivity index (χ2n) is 8.43. The third kappa shape index (κ3) is 5.19. The molecule has 2 saturated heterocycles. The predicted molar refractivity (Wildman–Crippen MR) is 125 cm³/mol. The van der Waals surface area contributed by atoms with Gasteiger partial charge < -0.3 is 24.8 Å². The van der Waals surface area contributed by atoms with Crippen molar-refractivity contribution in [2.45, 2.75) is 25.4 Å². The molecule has 0 spiro atoms. The highest BCUT2D eigenvalue weighted by Gasteiger charge is 2.38. The van der Waals surface area contributed by atoms with Gasteiger partial charge in [0, 0.05) is 44.5 Å². The fourth-order valence-electron chi connectivity index (χ4n) is 4.42. The van der Waals surface area contributed by atoms with E-state index in [1.54, 1.807) is 39.0 Å². The van der Waals surface area contributed by atoms with Gasteiger partial charge in [-0.15, -0.1) is 0 Å². The van der Waals surface area contributed by atoms with Crippen molar-refractivity contribution >= 4 is 29.5 Å². The van der Waals surface area contributed by atoms with Crippen LogP contribution in [0.4, 0.5) is 10.5 Å². The van der Waals surface area contributed by atoms with Crippen LogP contribution in [0.2, 0.25) is 0 Å². The van der Waals surface area contributed by atoms with Gasteiger partial charge in [-0.25, -0.2) is 9.59 Å². The van der Waals surface area contributed by atoms with Crippen LogP contribution in [0.5, 0.6) is 0 Å². The lowest BCUT2D eigenvalue weighted by atomic mass is 10.0. The summed E-state index contributed by atoms with van der Waals surface area (Å²) >= 11 is 0. The number of carbonyl (C=O) groups excluding carboxylic acids is 4. The number of esters is 1. The SMILES string of the molecule is COC(=O)c1cccc(NC(=O)N2CCC(N3CCN(Cc4ccccc4)C(=O)C3=O)CC2)c1. The summed E-state index contributed by atoms with van der Waals surface area (Å²) in [5, 5.41) is 2.81. The number of ether oxygens (including phenoxy) is 1. The van der Waals surface area contributed by atoms with Crippen LogP contribution < -0.4 is 5.32 Å². The third-order valence-corrected chi connectivity index (χ3v) is 6.29. The van der Waals surface area contributed by atoms with E-state index in [2.05, 4.69) is 5.32 Å². The summed E-state index contributed by atoms with van der Waals surface area (Å²) in [5.74, 6) is -1.41. The lowest BCUT2D eigenvalue weighted by Crippen LogP contribution is -2.59. The van der Waals surface area contributed by atoms with Gasteiger partial charge in [-0.2, -0.15) is 0 Å². The van der Waals surface area contributed by atoms with Gasteiger partial charge in [0.1, 0.15) is 0 Å². The molecular formula is C25H28N4O5. The van der Waals surface area contributed by atoms with Gasteiger partial charge in [-0.3, -0.25) is 9.59 Å². The van der Waals surface area contributed by atoms with Crippen molar-refractivity contribution in [3.05, 3.63) is 65.7 Å². The highest BCUT2D eigenvalue weighted by atomic mass is 16.5. The van der Waals surface area contributed by atoms with Crippen LogP contribution in [-0.4, -0.2) is 77.8 Å². The van der Waals surface area contributed by atoms with Crippen LogP contribution >= 0.6 is 0 Å². The first kappa shape index (κ1) is 23.3. The fraction of sp³-hybridized carbons (Fsp3) is 0.360. The first-order valence-electron chi connectivity index (χ1n) is 11.3. The van der Waals surface area contributed by atoms with Crippen molar-refractivity contribution in [1.82, 2.24) is 14.7 Å². The van der Waals surface area contributed by atoms with Crippen LogP contribution in [-0.2, 0) is 20.9 Å². The lowest BCUT2D eigenvalue weighted by molar-refractivity contribution is -0.158. The molecule has 4 rings (SSSR count). The molecule has 0 radical (unpaired) electrons. The monoisotopic (exact) mass is 464 g/mol. The van der Waals surface area contributed by atoms with Gasteiger partial charge in [0.15, 0.2) is 0 Å². The van der Waals surface area contributed by atoms with Crippen molar-refractivity contribution in [1.29, 1.82) is 0 Å². The normalized spacial score (nSPS) is 17.0. The second-order valence-corrected chi connectivity index (χ2v) is 8.43. The van der Waals surface area contributed by atoms with E-state index in [0.29, 0.717) is 56.8 Å². The van der Waals surface area contributed by atoms with Crippen LogP contribution in [0.1, 0.15) is 28.8 Å². The molecule has 0 aromatic heterocycles. The Balaban J connectivity index is 1.29. The average molecular weight is 465 g/mol. The number of urea groups is 1. The molecule has 2 heterocycles. The summed E-state index contributed by atoms with van der Waals surface area (Å²) in [6, 6.07) is 15.9. The molecule has 0 bridgehead atoms. The predicted octanol–water partition coefficient (Wildman–Crippen LogP) is 2.34. The first-order valence-corrected chi connectivity index (χ1v) is 11.3. The fourth-order valence-corrected chi connectivity index (χ4v) is 4.42. The van der Waals surface area contributed by atoms with Crippen molar-refractivity contribution in [2.75, 3.05) is 38.6 Å². The number of benzene rings is 2. The van der Waals surface area contributed by atoms with E-state index in [1.807, 2.05) is 30.3 Å². The van der Waals surface area contributed by atoms with E-state index < -0.39 is 17.8 Å². The second kappa shape index (κ2) is 10.4. The Morgan fingerprint density at radius 1 is 0.941 bits per heavy atom. The molecule has 0 aliphatic carbocycles. The summed E-state index contributed by atoms with van der Waals surface area (Å²) in [6.07, 6.45) is 1.21. The maximum absolute atomic E-state index is 12.8. The Morgan fingerprint density at radius 3 is 2.38 bits per heavy atom. The number of amides is 4. The molecule has 2 aromatic rings. The number of hydrogen-bond donors (Lipinski definition) is 1. The van der Waals surface area contributed by atoms with Gasteiger partial charge in [-0.1, -0.05) is 36.4 Å². The maximum atomic E-state index is 12.8. The van der Waals surface area contributed by atoms with Crippen molar-refractivity contribution < 1.29 is 23.9 Å². The minimum atomic E-state index is -0.472. The summed E-state index contributed by atoms with van der Waals surface area (Å²) in [7, 11) is 1.30. The minimum Gasteiger partial charge on any atom is -0.465 e. The standard InChI is InChI=1S/C25H28N4O5/c1-34-24(32)19-8-5-9-20(16-19)26-25(33)27-12-10-21(11-13-27)29-15-14-28(22(30)23(29)31)17-18-6-3-2-4-7-18/h2-9,16,21H,10-15,17H2,1H3,(H,26,33).